The van der Waals surface area contributed by atoms with Gasteiger partial charge < -0.3 is 10.5 Å². The molecule has 0 bridgehead atoms. The molecule has 20 heavy (non-hydrogen) atoms. The minimum atomic E-state index is -3.25. The van der Waals surface area contributed by atoms with Crippen molar-refractivity contribution in [2.24, 2.45) is 11.7 Å². The van der Waals surface area contributed by atoms with Crippen LogP contribution in [-0.2, 0) is 14.8 Å². The van der Waals surface area contributed by atoms with Crippen LogP contribution in [0.2, 0.25) is 0 Å². The highest BCUT2D eigenvalue weighted by Crippen LogP contribution is 2.26. The predicted molar refractivity (Wildman–Crippen MR) is 82.6 cm³/mol. The lowest BCUT2D eigenvalue weighted by atomic mass is 9.93. The average molecular weight is 327 g/mol. The molecule has 0 amide bonds. The number of hydrogen-bond acceptors (Lipinski definition) is 4. The van der Waals surface area contributed by atoms with Gasteiger partial charge in [-0.25, -0.2) is 8.42 Å². The van der Waals surface area contributed by atoms with Crippen molar-refractivity contribution in [3.05, 3.63) is 0 Å². The number of halogens is 1. The Bertz CT molecular complexity index is 385. The van der Waals surface area contributed by atoms with E-state index in [0.717, 1.165) is 32.1 Å². The Balaban J connectivity index is 0.00000200. The van der Waals surface area contributed by atoms with Gasteiger partial charge in [-0.1, -0.05) is 6.92 Å². The van der Waals surface area contributed by atoms with Gasteiger partial charge in [0.2, 0.25) is 10.0 Å². The van der Waals surface area contributed by atoms with Gasteiger partial charge in [0, 0.05) is 25.7 Å². The number of hydrogen-bond donors (Lipinski definition) is 1. The molecule has 0 saturated carbocycles. The highest BCUT2D eigenvalue weighted by Gasteiger charge is 2.37. The monoisotopic (exact) mass is 326 g/mol. The van der Waals surface area contributed by atoms with Gasteiger partial charge in [0.05, 0.1) is 11.9 Å². The van der Waals surface area contributed by atoms with Crippen LogP contribution in [0.1, 0.15) is 39.0 Å². The summed E-state index contributed by atoms with van der Waals surface area (Å²) in [7, 11) is -3.25. The molecule has 2 rings (SSSR count). The number of rotatable bonds is 4. The Labute approximate surface area is 128 Å². The maximum atomic E-state index is 12.6. The van der Waals surface area contributed by atoms with Gasteiger partial charge in [-0.15, -0.1) is 12.4 Å². The Kier molecular flexibility index (Phi) is 7.21. The fourth-order valence-corrected chi connectivity index (χ4v) is 5.21. The number of nitrogens with zero attached hydrogens (tertiary/aromatic N) is 1. The molecule has 0 aromatic carbocycles. The second kappa shape index (κ2) is 7.94. The normalized spacial score (nSPS) is 32.6. The molecular weight excluding hydrogens is 300 g/mol. The molecule has 3 unspecified atom stereocenters. The van der Waals surface area contributed by atoms with Crippen LogP contribution in [0.5, 0.6) is 0 Å². The Morgan fingerprint density at radius 2 is 2.00 bits per heavy atom. The van der Waals surface area contributed by atoms with E-state index < -0.39 is 10.0 Å². The Morgan fingerprint density at radius 3 is 2.60 bits per heavy atom. The lowest BCUT2D eigenvalue weighted by Crippen LogP contribution is -2.53. The SMILES string of the molecule is CC1CCCN(S(=O)(=O)CC2CCCCO2)C1CN.Cl. The molecule has 2 aliphatic rings. The first kappa shape index (κ1) is 18.2. The van der Waals surface area contributed by atoms with Crippen molar-refractivity contribution < 1.29 is 13.2 Å². The molecule has 7 heteroatoms. The Morgan fingerprint density at radius 1 is 1.25 bits per heavy atom. The van der Waals surface area contributed by atoms with Crippen molar-refractivity contribution in [2.75, 3.05) is 25.4 Å². The van der Waals surface area contributed by atoms with Crippen LogP contribution in [0.4, 0.5) is 0 Å². The van der Waals surface area contributed by atoms with Crippen molar-refractivity contribution in [3.8, 4) is 0 Å². The highest BCUT2D eigenvalue weighted by molar-refractivity contribution is 7.89. The molecule has 2 fully saturated rings. The molecule has 2 saturated heterocycles. The average Bonchev–Trinajstić information content (AvgIpc) is 2.39. The molecule has 0 aliphatic carbocycles. The van der Waals surface area contributed by atoms with E-state index in [1.54, 1.807) is 4.31 Å². The standard InChI is InChI=1S/C13H26N2O3S.ClH/c1-11-5-4-7-15(13(11)9-14)19(16,17)10-12-6-2-3-8-18-12;/h11-13H,2-10,14H2,1H3;1H. The summed E-state index contributed by atoms with van der Waals surface area (Å²) < 4.78 is 32.3. The molecule has 3 atom stereocenters. The molecular formula is C13H27ClN2O3S. The van der Waals surface area contributed by atoms with Gasteiger partial charge in [0.1, 0.15) is 0 Å². The van der Waals surface area contributed by atoms with Crippen molar-refractivity contribution in [3.63, 3.8) is 0 Å². The van der Waals surface area contributed by atoms with E-state index in [2.05, 4.69) is 6.92 Å². The summed E-state index contributed by atoms with van der Waals surface area (Å²) >= 11 is 0. The summed E-state index contributed by atoms with van der Waals surface area (Å²) in [5, 5.41) is 0. The molecule has 5 nitrogen and oxygen atoms in total. The molecule has 2 N–H and O–H groups in total. The summed E-state index contributed by atoms with van der Waals surface area (Å²) in [6, 6.07) is -0.0395. The van der Waals surface area contributed by atoms with E-state index in [9.17, 15) is 8.42 Å². The summed E-state index contributed by atoms with van der Waals surface area (Å²) in [6.07, 6.45) is 4.83. The largest absolute Gasteiger partial charge is 0.377 e. The van der Waals surface area contributed by atoms with Crippen LogP contribution in [0.25, 0.3) is 0 Å². The van der Waals surface area contributed by atoms with Crippen molar-refractivity contribution in [2.45, 2.75) is 51.2 Å². The maximum absolute atomic E-state index is 12.6. The summed E-state index contributed by atoms with van der Waals surface area (Å²) in [5.41, 5.74) is 5.78. The number of nitrogens with two attached hydrogens (primary N) is 1. The molecule has 120 valence electrons. The first-order chi connectivity index (χ1) is 9.04. The highest BCUT2D eigenvalue weighted by atomic mass is 35.5. The van der Waals surface area contributed by atoms with Gasteiger partial charge >= 0.3 is 0 Å². The van der Waals surface area contributed by atoms with E-state index in [4.69, 9.17) is 10.5 Å². The first-order valence-electron chi connectivity index (χ1n) is 7.36. The van der Waals surface area contributed by atoms with Crippen molar-refractivity contribution in [1.82, 2.24) is 4.31 Å². The molecule has 0 spiro atoms. The number of sulfonamides is 1. The smallest absolute Gasteiger partial charge is 0.216 e. The second-order valence-electron chi connectivity index (χ2n) is 5.80. The van der Waals surface area contributed by atoms with Gasteiger partial charge in [0.25, 0.3) is 0 Å². The first-order valence-corrected chi connectivity index (χ1v) is 8.96. The zero-order valence-corrected chi connectivity index (χ0v) is 13.8. The molecule has 2 aliphatic heterocycles. The summed E-state index contributed by atoms with van der Waals surface area (Å²) in [4.78, 5) is 0. The van der Waals surface area contributed by atoms with Crippen LogP contribution in [0.15, 0.2) is 0 Å². The van der Waals surface area contributed by atoms with Crippen LogP contribution in [0, 0.1) is 5.92 Å². The predicted octanol–water partition coefficient (Wildman–Crippen LogP) is 1.37. The van der Waals surface area contributed by atoms with Crippen molar-refractivity contribution >= 4 is 22.4 Å². The summed E-state index contributed by atoms with van der Waals surface area (Å²) in [5.74, 6) is 0.469. The van der Waals surface area contributed by atoms with E-state index in [1.165, 1.54) is 0 Å². The third kappa shape index (κ3) is 4.31. The van der Waals surface area contributed by atoms with E-state index in [-0.39, 0.29) is 30.3 Å². The minimum Gasteiger partial charge on any atom is -0.377 e. The van der Waals surface area contributed by atoms with E-state index in [0.29, 0.717) is 25.6 Å². The van der Waals surface area contributed by atoms with E-state index >= 15 is 0 Å². The topological polar surface area (TPSA) is 72.6 Å². The molecule has 0 radical (unpaired) electrons. The van der Waals surface area contributed by atoms with Gasteiger partial charge in [0.15, 0.2) is 0 Å². The molecule has 0 aromatic rings. The molecule has 0 aromatic heterocycles. The zero-order valence-electron chi connectivity index (χ0n) is 12.2. The third-order valence-electron chi connectivity index (χ3n) is 4.33. The quantitative estimate of drug-likeness (QED) is 0.846. The van der Waals surface area contributed by atoms with Gasteiger partial charge in [-0.05, 0) is 38.0 Å². The van der Waals surface area contributed by atoms with Gasteiger partial charge in [-0.3, -0.25) is 0 Å². The van der Waals surface area contributed by atoms with E-state index in [1.807, 2.05) is 0 Å². The second-order valence-corrected chi connectivity index (χ2v) is 7.77. The maximum Gasteiger partial charge on any atom is 0.216 e. The lowest BCUT2D eigenvalue weighted by molar-refractivity contribution is 0.0293. The van der Waals surface area contributed by atoms with Crippen LogP contribution in [-0.4, -0.2) is 50.3 Å². The Hall–Kier alpha value is 0.120. The van der Waals surface area contributed by atoms with Gasteiger partial charge in [-0.2, -0.15) is 4.31 Å². The number of piperidine rings is 1. The van der Waals surface area contributed by atoms with Crippen LogP contribution in [0.3, 0.4) is 0 Å². The zero-order chi connectivity index (χ0) is 13.9. The van der Waals surface area contributed by atoms with Crippen molar-refractivity contribution in [1.29, 1.82) is 0 Å². The fraction of sp³-hybridized carbons (Fsp3) is 1.00. The van der Waals surface area contributed by atoms with Crippen LogP contribution < -0.4 is 5.73 Å². The number of ether oxygens (including phenoxy) is 1. The minimum absolute atomic E-state index is 0. The fourth-order valence-electron chi connectivity index (χ4n) is 3.18. The third-order valence-corrected chi connectivity index (χ3v) is 6.29. The molecule has 2 heterocycles. The lowest BCUT2D eigenvalue weighted by Gasteiger charge is -2.39. The van der Waals surface area contributed by atoms with Crippen LogP contribution >= 0.6 is 12.4 Å². The summed E-state index contributed by atoms with van der Waals surface area (Å²) in [6.45, 7) is 3.81.